The number of aromatic nitrogens is 2. The maximum Gasteiger partial charge on any atom is 0.407 e. The van der Waals surface area contributed by atoms with Gasteiger partial charge in [0.1, 0.15) is 11.9 Å². The lowest BCUT2D eigenvalue weighted by molar-refractivity contribution is -0.148. The van der Waals surface area contributed by atoms with Crippen LogP contribution in [-0.2, 0) is 28.6 Å². The van der Waals surface area contributed by atoms with Gasteiger partial charge >= 0.3 is 12.1 Å². The number of hydrogen-bond acceptors (Lipinski definition) is 9. The lowest BCUT2D eigenvalue weighted by Crippen LogP contribution is -2.53. The predicted molar refractivity (Wildman–Crippen MR) is 242 cm³/mol. The second-order valence-electron chi connectivity index (χ2n) is 18.4. The Morgan fingerprint density at radius 1 is 0.810 bits per heavy atom. The summed E-state index contributed by atoms with van der Waals surface area (Å²) in [6, 6.07) is 20.5. The van der Waals surface area contributed by atoms with Gasteiger partial charge in [0.2, 0.25) is 11.8 Å². The van der Waals surface area contributed by atoms with Gasteiger partial charge < -0.3 is 34.3 Å². The molecule has 13 nitrogen and oxygen atoms in total. The first-order chi connectivity index (χ1) is 30.4. The normalized spacial score (nSPS) is 22.5. The number of carbonyl (C=O) groups excluding carboxylic acids is 4. The van der Waals surface area contributed by atoms with E-state index in [-0.39, 0.29) is 54.0 Å². The van der Waals surface area contributed by atoms with Gasteiger partial charge in [0.05, 0.1) is 50.5 Å². The number of fused-ring (bicyclic) bond motifs is 1. The fourth-order valence-electron chi connectivity index (χ4n) is 9.98. The molecule has 4 aliphatic heterocycles. The van der Waals surface area contributed by atoms with Crippen LogP contribution in [0.25, 0.3) is 38.7 Å². The monoisotopic (exact) mass is 856 g/mol. The Morgan fingerprint density at radius 3 is 2.10 bits per heavy atom. The molecule has 5 heterocycles. The molecular weight excluding hydrogens is 797 g/mol. The van der Waals surface area contributed by atoms with Crippen LogP contribution in [0.4, 0.5) is 4.79 Å². The Bertz CT molecular complexity index is 2400. The number of aliphatic imine (C=N–C) groups is 1. The average molecular weight is 857 g/mol. The number of hydrogen-bond donors (Lipinski definition) is 2. The van der Waals surface area contributed by atoms with Crippen molar-refractivity contribution in [2.75, 3.05) is 40.5 Å². The van der Waals surface area contributed by atoms with Crippen molar-refractivity contribution in [3.63, 3.8) is 0 Å². The Balaban J connectivity index is 0.925. The summed E-state index contributed by atoms with van der Waals surface area (Å²) in [6.45, 7) is 10.6. The number of likely N-dealkylation sites (tertiary alicyclic amines) is 2. The molecule has 3 aromatic carbocycles. The molecule has 0 radical (unpaired) electrons. The standard InChI is InChI=1S/C50H60N6O7/c1-29(2)40(24-45(57)61-5)48(58)55-27-30(3)19-43(55)41-23-39(25-51-41)33-9-7-32(8-10-33)35-11-12-37-22-38(14-13-36(37)21-35)42-26-52-47(53-42)44-20-31(4)28-56(44)49(59)46(54-50(60)62-6)34-15-17-63-18-16-34/h7-14,21-22,25-26,29-31,34,40,43-44,46H,15-20,23-24,27-28H2,1-6H3,(H,52,53)(H,54,60)/t30-,31-,40-,43-,44-,46-/m0/s1. The number of methoxy groups -OCH3 is 2. The third-order valence-electron chi connectivity index (χ3n) is 13.6. The van der Waals surface area contributed by atoms with Crippen molar-refractivity contribution in [2.45, 2.75) is 84.3 Å². The first-order valence-electron chi connectivity index (χ1n) is 22.5. The number of esters is 1. The van der Waals surface area contributed by atoms with E-state index < -0.39 is 18.1 Å². The van der Waals surface area contributed by atoms with Crippen molar-refractivity contribution >= 4 is 45.9 Å². The van der Waals surface area contributed by atoms with Crippen LogP contribution in [0.3, 0.4) is 0 Å². The number of rotatable bonds is 12. The van der Waals surface area contributed by atoms with Crippen LogP contribution in [0, 0.1) is 29.6 Å². The number of amides is 3. The van der Waals surface area contributed by atoms with Crippen molar-refractivity contribution in [3.8, 4) is 22.4 Å². The molecule has 0 bridgehead atoms. The number of H-pyrrole nitrogens is 1. The summed E-state index contributed by atoms with van der Waals surface area (Å²) in [4.78, 5) is 69.5. The van der Waals surface area contributed by atoms with Gasteiger partial charge in [0.25, 0.3) is 0 Å². The molecule has 2 N–H and O–H groups in total. The number of aromatic amines is 1. The zero-order valence-corrected chi connectivity index (χ0v) is 37.3. The van der Waals surface area contributed by atoms with E-state index in [9.17, 15) is 19.2 Å². The van der Waals surface area contributed by atoms with Gasteiger partial charge in [-0.25, -0.2) is 9.78 Å². The highest BCUT2D eigenvalue weighted by atomic mass is 16.5. The fourth-order valence-corrected chi connectivity index (χ4v) is 9.98. The molecule has 0 aliphatic carbocycles. The molecular formula is C50H60N6O7. The van der Waals surface area contributed by atoms with E-state index in [2.05, 4.69) is 84.8 Å². The second kappa shape index (κ2) is 18.9. The van der Waals surface area contributed by atoms with E-state index in [0.717, 1.165) is 68.7 Å². The SMILES string of the molecule is COC(=O)C[C@H](C(=O)N1C[C@@H](C)C[C@H]1C1=NC=C(c2ccc(-c3ccc4cc(-c5cnc([C@@H]6C[C@H](C)CN6C(=O)[C@@H](NC(=O)OC)C6CCOCC6)[nH]5)ccc4c3)cc2)C1)C(C)C. The van der Waals surface area contributed by atoms with Crippen LogP contribution in [-0.4, -0.2) is 102 Å². The van der Waals surface area contributed by atoms with Gasteiger partial charge in [-0.3, -0.25) is 19.4 Å². The molecule has 13 heteroatoms. The van der Waals surface area contributed by atoms with Gasteiger partial charge in [0, 0.05) is 50.2 Å². The molecule has 3 saturated heterocycles. The Labute approximate surface area is 369 Å². The maximum absolute atomic E-state index is 14.2. The van der Waals surface area contributed by atoms with Gasteiger partial charge in [-0.15, -0.1) is 0 Å². The summed E-state index contributed by atoms with van der Waals surface area (Å²) in [6.07, 6.45) is 6.96. The lowest BCUT2D eigenvalue weighted by Gasteiger charge is -2.34. The minimum absolute atomic E-state index is 0.00963. The first kappa shape index (κ1) is 43.8. The zero-order chi connectivity index (χ0) is 44.4. The van der Waals surface area contributed by atoms with E-state index in [1.807, 2.05) is 36.0 Å². The minimum Gasteiger partial charge on any atom is -0.469 e. The number of benzene rings is 3. The summed E-state index contributed by atoms with van der Waals surface area (Å²) in [7, 11) is 2.68. The van der Waals surface area contributed by atoms with Crippen molar-refractivity contribution < 1.29 is 33.4 Å². The summed E-state index contributed by atoms with van der Waals surface area (Å²) in [5.41, 5.74) is 7.34. The third kappa shape index (κ3) is 9.44. The molecule has 332 valence electrons. The van der Waals surface area contributed by atoms with Crippen LogP contribution in [0.15, 0.2) is 78.1 Å². The summed E-state index contributed by atoms with van der Waals surface area (Å²) in [5, 5.41) is 5.05. The molecule has 4 aliphatic rings. The van der Waals surface area contributed by atoms with Crippen LogP contribution in [0.5, 0.6) is 0 Å². The molecule has 1 aromatic heterocycles. The minimum atomic E-state index is -0.693. The van der Waals surface area contributed by atoms with Gasteiger partial charge in [-0.2, -0.15) is 0 Å². The second-order valence-corrected chi connectivity index (χ2v) is 18.4. The van der Waals surface area contributed by atoms with Crippen LogP contribution in [0.1, 0.15) is 83.6 Å². The topological polar surface area (TPSA) is 156 Å². The Kier molecular flexibility index (Phi) is 13.1. The van der Waals surface area contributed by atoms with Crippen molar-refractivity contribution in [1.82, 2.24) is 25.1 Å². The first-order valence-corrected chi connectivity index (χ1v) is 22.5. The smallest absolute Gasteiger partial charge is 0.407 e. The summed E-state index contributed by atoms with van der Waals surface area (Å²) >= 11 is 0. The fraction of sp³-hybridized carbons (Fsp3) is 0.480. The van der Waals surface area contributed by atoms with Crippen LogP contribution >= 0.6 is 0 Å². The highest BCUT2D eigenvalue weighted by Crippen LogP contribution is 2.38. The zero-order valence-electron chi connectivity index (χ0n) is 37.3. The van der Waals surface area contributed by atoms with E-state index >= 15 is 0 Å². The summed E-state index contributed by atoms with van der Waals surface area (Å²) < 4.78 is 15.4. The molecule has 4 aromatic rings. The molecule has 0 unspecified atom stereocenters. The van der Waals surface area contributed by atoms with E-state index in [0.29, 0.717) is 51.5 Å². The molecule has 3 amide bonds. The highest BCUT2D eigenvalue weighted by Gasteiger charge is 2.43. The number of nitrogens with zero attached hydrogens (tertiary/aromatic N) is 4. The molecule has 6 atom stereocenters. The number of carbonyl (C=O) groups is 4. The molecule has 0 spiro atoms. The van der Waals surface area contributed by atoms with Crippen LogP contribution < -0.4 is 5.32 Å². The number of ether oxygens (including phenoxy) is 3. The Morgan fingerprint density at radius 2 is 1.43 bits per heavy atom. The van der Waals surface area contributed by atoms with Gasteiger partial charge in [-0.05, 0) is 94.5 Å². The van der Waals surface area contributed by atoms with Crippen molar-refractivity contribution in [3.05, 3.63) is 84.4 Å². The number of nitrogens with one attached hydrogen (secondary N) is 2. The highest BCUT2D eigenvalue weighted by molar-refractivity contribution is 6.03. The largest absolute Gasteiger partial charge is 0.469 e. The summed E-state index contributed by atoms with van der Waals surface area (Å²) in [5.74, 6) is 0.452. The predicted octanol–water partition coefficient (Wildman–Crippen LogP) is 8.22. The van der Waals surface area contributed by atoms with Gasteiger partial charge in [0.15, 0.2) is 0 Å². The van der Waals surface area contributed by atoms with Crippen molar-refractivity contribution in [1.29, 1.82) is 0 Å². The van der Waals surface area contributed by atoms with E-state index in [4.69, 9.17) is 24.2 Å². The number of alkyl carbamates (subject to hydrolysis) is 1. The van der Waals surface area contributed by atoms with E-state index in [1.165, 1.54) is 14.2 Å². The van der Waals surface area contributed by atoms with Crippen LogP contribution in [0.2, 0.25) is 0 Å². The number of imidazole rings is 1. The number of allylic oxidation sites excluding steroid dienone is 1. The van der Waals surface area contributed by atoms with E-state index in [1.54, 1.807) is 0 Å². The molecule has 0 saturated carbocycles. The molecule has 8 rings (SSSR count). The Hall–Kier alpha value is -5.82. The third-order valence-corrected chi connectivity index (χ3v) is 13.6. The maximum atomic E-state index is 14.2. The van der Waals surface area contributed by atoms with Crippen molar-refractivity contribution in [2.24, 2.45) is 34.6 Å². The average Bonchev–Trinajstić information content (AvgIpc) is 4.14. The lowest BCUT2D eigenvalue weighted by atomic mass is 9.90. The molecule has 63 heavy (non-hydrogen) atoms. The molecule has 3 fully saturated rings. The van der Waals surface area contributed by atoms with Gasteiger partial charge in [-0.1, -0.05) is 76.2 Å². The quantitative estimate of drug-likeness (QED) is 0.135.